The standard InChI is InChI=1S/C12H11N5O3/c1-7-10(15-17-11(7)16-20-12(17)18)14-6-19-9-4-2-3-8(13)5-9/h2-6,16H,13H2,1H3. The van der Waals surface area contributed by atoms with Crippen LogP contribution in [0.1, 0.15) is 5.56 Å². The number of aryl methyl sites for hydroxylation is 1. The van der Waals surface area contributed by atoms with Crippen LogP contribution in [-0.4, -0.2) is 21.2 Å². The van der Waals surface area contributed by atoms with E-state index in [-0.39, 0.29) is 0 Å². The van der Waals surface area contributed by atoms with Crippen LogP contribution in [0.2, 0.25) is 0 Å². The van der Waals surface area contributed by atoms with Crippen molar-refractivity contribution in [1.82, 2.24) is 14.8 Å². The average Bonchev–Trinajstić information content (AvgIpc) is 2.93. The first kappa shape index (κ1) is 12.0. The highest BCUT2D eigenvalue weighted by molar-refractivity contribution is 5.64. The molecular formula is C12H11N5O3. The number of aliphatic imine (C=N–C) groups is 1. The molecule has 0 saturated carbocycles. The van der Waals surface area contributed by atoms with E-state index in [9.17, 15) is 4.79 Å². The van der Waals surface area contributed by atoms with Gasteiger partial charge in [0.2, 0.25) is 0 Å². The summed E-state index contributed by atoms with van der Waals surface area (Å²) in [5.41, 5.74) is 7.37. The zero-order valence-electron chi connectivity index (χ0n) is 10.5. The minimum absolute atomic E-state index is 0.369. The smallest absolute Gasteiger partial charge is 0.446 e. The number of anilines is 1. The molecule has 3 rings (SSSR count). The van der Waals surface area contributed by atoms with E-state index in [0.717, 1.165) is 4.52 Å². The Morgan fingerprint density at radius 1 is 1.55 bits per heavy atom. The maximum absolute atomic E-state index is 11.3. The number of hydrogen-bond donors (Lipinski definition) is 2. The number of benzene rings is 1. The van der Waals surface area contributed by atoms with Gasteiger partial charge in [0.05, 0.1) is 0 Å². The topological polar surface area (TPSA) is 111 Å². The molecule has 0 fully saturated rings. The maximum atomic E-state index is 11.3. The lowest BCUT2D eigenvalue weighted by molar-refractivity contribution is 0.383. The lowest BCUT2D eigenvalue weighted by Gasteiger charge is -1.99. The number of fused-ring (bicyclic) bond motifs is 1. The molecule has 0 aliphatic carbocycles. The molecule has 20 heavy (non-hydrogen) atoms. The second kappa shape index (κ2) is 4.57. The number of nitrogen functional groups attached to an aromatic ring is 1. The van der Waals surface area contributed by atoms with Crippen LogP contribution in [0, 0.1) is 6.92 Å². The molecule has 0 unspecified atom stereocenters. The monoisotopic (exact) mass is 273 g/mol. The molecule has 0 saturated heterocycles. The first-order valence-electron chi connectivity index (χ1n) is 5.76. The van der Waals surface area contributed by atoms with Gasteiger partial charge in [-0.2, -0.15) is 10.1 Å². The average molecular weight is 273 g/mol. The van der Waals surface area contributed by atoms with Gasteiger partial charge in [0.15, 0.2) is 17.9 Å². The van der Waals surface area contributed by atoms with E-state index in [4.69, 9.17) is 10.5 Å². The summed E-state index contributed by atoms with van der Waals surface area (Å²) in [5.74, 6) is 0.338. The Kier molecular flexibility index (Phi) is 2.75. The minimum atomic E-state index is -0.596. The van der Waals surface area contributed by atoms with Crippen molar-refractivity contribution in [2.75, 3.05) is 5.73 Å². The van der Waals surface area contributed by atoms with Crippen LogP contribution in [0.4, 0.5) is 11.5 Å². The van der Waals surface area contributed by atoms with Gasteiger partial charge in [-0.3, -0.25) is 0 Å². The largest absolute Gasteiger partial charge is 0.461 e. The lowest BCUT2D eigenvalue weighted by atomic mass is 10.3. The molecule has 0 bridgehead atoms. The van der Waals surface area contributed by atoms with Gasteiger partial charge in [-0.15, -0.1) is 9.61 Å². The van der Waals surface area contributed by atoms with Crippen LogP contribution in [0.3, 0.4) is 0 Å². The molecule has 0 aliphatic rings. The van der Waals surface area contributed by atoms with Crippen LogP contribution in [0.25, 0.3) is 5.65 Å². The molecule has 0 atom stereocenters. The molecule has 0 amide bonds. The predicted molar refractivity (Wildman–Crippen MR) is 72.5 cm³/mol. The first-order valence-corrected chi connectivity index (χ1v) is 5.76. The third-order valence-corrected chi connectivity index (χ3v) is 2.73. The molecule has 3 aromatic rings. The molecule has 8 heteroatoms. The number of aromatic nitrogens is 3. The van der Waals surface area contributed by atoms with E-state index in [2.05, 4.69) is 19.8 Å². The number of nitrogens with zero attached hydrogens (tertiary/aromatic N) is 3. The van der Waals surface area contributed by atoms with Crippen LogP contribution >= 0.6 is 0 Å². The molecule has 0 aliphatic heterocycles. The number of aromatic amines is 1. The first-order chi connectivity index (χ1) is 9.65. The number of H-pyrrole nitrogens is 1. The van der Waals surface area contributed by atoms with E-state index in [1.165, 1.54) is 6.40 Å². The SMILES string of the molecule is Cc1c(N=COc2cccc(N)c2)nn2c(=O)o[nH]c12. The Morgan fingerprint density at radius 3 is 3.15 bits per heavy atom. The summed E-state index contributed by atoms with van der Waals surface area (Å²) >= 11 is 0. The van der Waals surface area contributed by atoms with Gasteiger partial charge in [-0.05, 0) is 19.1 Å². The van der Waals surface area contributed by atoms with Crippen molar-refractivity contribution in [3.63, 3.8) is 0 Å². The van der Waals surface area contributed by atoms with Gasteiger partial charge < -0.3 is 15.0 Å². The van der Waals surface area contributed by atoms with E-state index in [1.54, 1.807) is 31.2 Å². The quantitative estimate of drug-likeness (QED) is 0.423. The number of nitrogens with one attached hydrogen (secondary N) is 1. The van der Waals surface area contributed by atoms with Crippen molar-refractivity contribution in [1.29, 1.82) is 0 Å². The number of ether oxygens (including phenoxy) is 1. The van der Waals surface area contributed by atoms with Crippen molar-refractivity contribution in [3.05, 3.63) is 40.4 Å². The fraction of sp³-hybridized carbons (Fsp3) is 0.0833. The van der Waals surface area contributed by atoms with Gasteiger partial charge in [-0.1, -0.05) is 6.07 Å². The van der Waals surface area contributed by atoms with E-state index < -0.39 is 5.76 Å². The fourth-order valence-electron chi connectivity index (χ4n) is 1.72. The zero-order valence-corrected chi connectivity index (χ0v) is 10.5. The lowest BCUT2D eigenvalue weighted by Crippen LogP contribution is -2.05. The Labute approximate surface area is 112 Å². The van der Waals surface area contributed by atoms with Crippen molar-refractivity contribution in [2.45, 2.75) is 6.92 Å². The van der Waals surface area contributed by atoms with Gasteiger partial charge >= 0.3 is 5.76 Å². The normalized spacial score (nSPS) is 11.4. The highest BCUT2D eigenvalue weighted by Crippen LogP contribution is 2.19. The summed E-state index contributed by atoms with van der Waals surface area (Å²) in [6.45, 7) is 1.76. The highest BCUT2D eigenvalue weighted by Gasteiger charge is 2.12. The number of nitrogens with two attached hydrogens (primary N) is 1. The highest BCUT2D eigenvalue weighted by atomic mass is 16.5. The number of rotatable bonds is 3. The van der Waals surface area contributed by atoms with Crippen molar-refractivity contribution in [3.8, 4) is 5.75 Å². The Balaban J connectivity index is 1.84. The van der Waals surface area contributed by atoms with Crippen LogP contribution < -0.4 is 16.2 Å². The maximum Gasteiger partial charge on any atom is 0.461 e. The Hall–Kier alpha value is -3.03. The van der Waals surface area contributed by atoms with Crippen molar-refractivity contribution in [2.24, 2.45) is 4.99 Å². The second-order valence-electron chi connectivity index (χ2n) is 4.10. The van der Waals surface area contributed by atoms with Crippen molar-refractivity contribution >= 4 is 23.6 Å². The molecule has 0 radical (unpaired) electrons. The van der Waals surface area contributed by atoms with E-state index >= 15 is 0 Å². The molecule has 2 aromatic heterocycles. The third kappa shape index (κ3) is 2.03. The number of hydrogen-bond acceptors (Lipinski definition) is 6. The van der Waals surface area contributed by atoms with Gasteiger partial charge in [0, 0.05) is 17.3 Å². The molecule has 2 heterocycles. The molecule has 8 nitrogen and oxygen atoms in total. The fourth-order valence-corrected chi connectivity index (χ4v) is 1.72. The van der Waals surface area contributed by atoms with Crippen molar-refractivity contribution < 1.29 is 9.26 Å². The summed E-state index contributed by atoms with van der Waals surface area (Å²) in [4.78, 5) is 15.3. The van der Waals surface area contributed by atoms with Crippen LogP contribution in [0.15, 0.2) is 38.6 Å². The van der Waals surface area contributed by atoms with Gasteiger partial charge in [0.1, 0.15) is 5.75 Å². The van der Waals surface area contributed by atoms with E-state index in [1.807, 2.05) is 0 Å². The van der Waals surface area contributed by atoms with E-state index in [0.29, 0.717) is 28.5 Å². The Bertz CT molecular complexity index is 842. The molecule has 0 spiro atoms. The third-order valence-electron chi connectivity index (χ3n) is 2.73. The van der Waals surface area contributed by atoms with Crippen LogP contribution in [0.5, 0.6) is 5.75 Å². The zero-order chi connectivity index (χ0) is 14.1. The summed E-state index contributed by atoms with van der Waals surface area (Å²) in [5, 5.41) is 6.47. The Morgan fingerprint density at radius 2 is 2.40 bits per heavy atom. The van der Waals surface area contributed by atoms with Crippen LogP contribution in [-0.2, 0) is 0 Å². The molecular weight excluding hydrogens is 262 g/mol. The summed E-state index contributed by atoms with van der Waals surface area (Å²) in [7, 11) is 0. The van der Waals surface area contributed by atoms with Gasteiger partial charge in [-0.25, -0.2) is 4.79 Å². The summed E-state index contributed by atoms with van der Waals surface area (Å²) in [6, 6.07) is 6.95. The minimum Gasteiger partial charge on any atom is -0.446 e. The van der Waals surface area contributed by atoms with Gasteiger partial charge in [0.25, 0.3) is 0 Å². The summed E-state index contributed by atoms with van der Waals surface area (Å²) < 4.78 is 11.0. The predicted octanol–water partition coefficient (Wildman–Crippen LogP) is 1.25. The molecule has 1 aromatic carbocycles. The summed E-state index contributed by atoms with van der Waals surface area (Å²) in [6.07, 6.45) is 1.24. The molecule has 3 N–H and O–H groups in total. The molecule has 102 valence electrons. The second-order valence-corrected chi connectivity index (χ2v) is 4.10.